The number of rotatable bonds is 2. The van der Waals surface area contributed by atoms with E-state index in [-0.39, 0.29) is 11.7 Å². The molecular formula is C22H16FN5O2. The van der Waals surface area contributed by atoms with Gasteiger partial charge < -0.3 is 14.3 Å². The zero-order valence-corrected chi connectivity index (χ0v) is 15.7. The van der Waals surface area contributed by atoms with Gasteiger partial charge in [0, 0.05) is 24.9 Å². The molecule has 8 heteroatoms. The summed E-state index contributed by atoms with van der Waals surface area (Å²) in [6.45, 7) is 0.475. The first-order chi connectivity index (χ1) is 14.7. The van der Waals surface area contributed by atoms with Crippen molar-refractivity contribution in [3.05, 3.63) is 89.7 Å². The summed E-state index contributed by atoms with van der Waals surface area (Å²) in [4.78, 5) is 22.9. The fourth-order valence-electron chi connectivity index (χ4n) is 4.22. The molecule has 0 saturated heterocycles. The number of furan rings is 1. The van der Waals surface area contributed by atoms with Crippen LogP contribution in [0.5, 0.6) is 0 Å². The highest BCUT2D eigenvalue weighted by atomic mass is 19.1. The minimum atomic E-state index is -0.557. The number of pyridine rings is 1. The van der Waals surface area contributed by atoms with Gasteiger partial charge in [-0.2, -0.15) is 5.10 Å². The van der Waals surface area contributed by atoms with E-state index in [2.05, 4.69) is 15.1 Å². The average molecular weight is 401 g/mol. The van der Waals surface area contributed by atoms with Crippen LogP contribution in [-0.4, -0.2) is 36.9 Å². The first kappa shape index (κ1) is 17.0. The van der Waals surface area contributed by atoms with Gasteiger partial charge >= 0.3 is 0 Å². The van der Waals surface area contributed by atoms with E-state index >= 15 is 0 Å². The van der Waals surface area contributed by atoms with Crippen molar-refractivity contribution < 1.29 is 13.6 Å². The third-order valence-electron chi connectivity index (χ3n) is 5.64. The predicted octanol–water partition coefficient (Wildman–Crippen LogP) is 3.73. The summed E-state index contributed by atoms with van der Waals surface area (Å²) in [6.07, 6.45) is 5.64. The van der Waals surface area contributed by atoms with Crippen LogP contribution in [0.3, 0.4) is 0 Å². The van der Waals surface area contributed by atoms with Crippen molar-refractivity contribution in [3.63, 3.8) is 0 Å². The van der Waals surface area contributed by atoms with Crippen molar-refractivity contribution in [1.82, 2.24) is 24.5 Å². The lowest BCUT2D eigenvalue weighted by molar-refractivity contribution is 0.0675. The smallest absolute Gasteiger partial charge is 0.258 e. The number of hydrogen-bond acceptors (Lipinski definition) is 4. The highest BCUT2D eigenvalue weighted by molar-refractivity contribution is 6.01. The number of nitrogens with zero attached hydrogens (tertiary/aromatic N) is 4. The first-order valence-electron chi connectivity index (χ1n) is 9.64. The lowest BCUT2D eigenvalue weighted by atomic mass is 9.99. The second-order valence-corrected chi connectivity index (χ2v) is 7.31. The Labute approximate surface area is 169 Å². The fourth-order valence-corrected chi connectivity index (χ4v) is 4.22. The van der Waals surface area contributed by atoms with E-state index in [0.717, 1.165) is 11.2 Å². The number of benzene rings is 1. The van der Waals surface area contributed by atoms with Gasteiger partial charge in [-0.05, 0) is 30.3 Å². The maximum absolute atomic E-state index is 14.3. The largest absolute Gasteiger partial charge is 0.458 e. The van der Waals surface area contributed by atoms with Crippen LogP contribution in [0.15, 0.2) is 65.6 Å². The normalized spacial score (nSPS) is 16.3. The molecule has 30 heavy (non-hydrogen) atoms. The average Bonchev–Trinajstić information content (AvgIpc) is 3.50. The molecule has 0 unspecified atom stereocenters. The molecule has 0 bridgehead atoms. The standard InChI is InChI=1S/C22H16FN5O2/c23-15-4-3-6-18-13(15)10-19(30-18)21-20-16(24-12-25-20)7-9-27(21)22(29)14-11-26-28-8-2-1-5-17(14)28/h1-6,8,10-12,21H,7,9H2,(H,24,25)/t21-/m1/s1. The van der Waals surface area contributed by atoms with Crippen LogP contribution >= 0.6 is 0 Å². The number of halogens is 1. The maximum Gasteiger partial charge on any atom is 0.258 e. The zero-order chi connectivity index (χ0) is 20.2. The number of fused-ring (bicyclic) bond motifs is 3. The SMILES string of the molecule is O=C(c1cnn2ccccc12)N1CCc2[nH]cnc2[C@H]1c1cc2c(F)cccc2o1. The summed E-state index contributed by atoms with van der Waals surface area (Å²) >= 11 is 0. The Bertz CT molecular complexity index is 1420. The molecular weight excluding hydrogens is 385 g/mol. The Hall–Kier alpha value is -3.94. The van der Waals surface area contributed by atoms with Crippen LogP contribution in [0, 0.1) is 5.82 Å². The van der Waals surface area contributed by atoms with Gasteiger partial charge in [0.1, 0.15) is 23.2 Å². The maximum atomic E-state index is 14.3. The Balaban J connectivity index is 1.50. The minimum absolute atomic E-state index is 0.171. The third-order valence-corrected chi connectivity index (χ3v) is 5.64. The molecule has 7 nitrogen and oxygen atoms in total. The molecule has 1 N–H and O–H groups in total. The number of hydrogen-bond donors (Lipinski definition) is 1. The molecule has 0 spiro atoms. The Kier molecular flexibility index (Phi) is 3.55. The van der Waals surface area contributed by atoms with Crippen LogP contribution in [0.2, 0.25) is 0 Å². The van der Waals surface area contributed by atoms with Crippen LogP contribution in [-0.2, 0) is 6.42 Å². The van der Waals surface area contributed by atoms with Gasteiger partial charge in [-0.1, -0.05) is 12.1 Å². The van der Waals surface area contributed by atoms with Gasteiger partial charge in [-0.3, -0.25) is 4.79 Å². The lowest BCUT2D eigenvalue weighted by Crippen LogP contribution is -2.40. The van der Waals surface area contributed by atoms with Gasteiger partial charge in [-0.25, -0.2) is 13.9 Å². The van der Waals surface area contributed by atoms with Crippen LogP contribution in [0.25, 0.3) is 16.5 Å². The van der Waals surface area contributed by atoms with E-state index in [0.29, 0.717) is 41.0 Å². The van der Waals surface area contributed by atoms with E-state index in [9.17, 15) is 9.18 Å². The van der Waals surface area contributed by atoms with Gasteiger partial charge in [0.2, 0.25) is 0 Å². The number of imidazole rings is 1. The van der Waals surface area contributed by atoms with Gasteiger partial charge in [-0.15, -0.1) is 0 Å². The number of carbonyl (C=O) groups excluding carboxylic acids is 1. The Morgan fingerprint density at radius 2 is 2.17 bits per heavy atom. The second-order valence-electron chi connectivity index (χ2n) is 7.31. The topological polar surface area (TPSA) is 79.4 Å². The molecule has 4 aromatic heterocycles. The molecule has 1 atom stereocenters. The lowest BCUT2D eigenvalue weighted by Gasteiger charge is -2.33. The molecule has 0 aliphatic carbocycles. The van der Waals surface area contributed by atoms with Crippen molar-refractivity contribution in [2.24, 2.45) is 0 Å². The number of carbonyl (C=O) groups is 1. The summed E-state index contributed by atoms with van der Waals surface area (Å²) in [5.74, 6) is -0.0511. The van der Waals surface area contributed by atoms with Crippen LogP contribution in [0.1, 0.15) is 33.5 Å². The van der Waals surface area contributed by atoms with Crippen LogP contribution < -0.4 is 0 Å². The third kappa shape index (κ3) is 2.40. The van der Waals surface area contributed by atoms with Gasteiger partial charge in [0.15, 0.2) is 0 Å². The predicted molar refractivity (Wildman–Crippen MR) is 107 cm³/mol. The molecule has 5 heterocycles. The molecule has 1 aliphatic rings. The highest BCUT2D eigenvalue weighted by Crippen LogP contribution is 2.37. The van der Waals surface area contributed by atoms with Crippen molar-refractivity contribution in [3.8, 4) is 0 Å². The number of H-pyrrole nitrogens is 1. The summed E-state index contributed by atoms with van der Waals surface area (Å²) in [5.41, 5.74) is 3.33. The molecule has 0 fully saturated rings. The van der Waals surface area contributed by atoms with E-state index in [1.54, 1.807) is 46.3 Å². The Morgan fingerprint density at radius 1 is 1.23 bits per heavy atom. The number of aromatic amines is 1. The van der Waals surface area contributed by atoms with E-state index in [1.807, 2.05) is 18.2 Å². The van der Waals surface area contributed by atoms with Crippen molar-refractivity contribution in [1.29, 1.82) is 0 Å². The van der Waals surface area contributed by atoms with Gasteiger partial charge in [0.25, 0.3) is 5.91 Å². The highest BCUT2D eigenvalue weighted by Gasteiger charge is 2.37. The molecule has 1 amide bonds. The summed E-state index contributed by atoms with van der Waals surface area (Å²) in [7, 11) is 0. The summed E-state index contributed by atoms with van der Waals surface area (Å²) in [6, 6.07) is 11.4. The molecule has 0 radical (unpaired) electrons. The van der Waals surface area contributed by atoms with E-state index in [4.69, 9.17) is 4.42 Å². The van der Waals surface area contributed by atoms with Gasteiger partial charge in [0.05, 0.1) is 34.7 Å². The monoisotopic (exact) mass is 401 g/mol. The molecule has 6 rings (SSSR count). The number of amides is 1. The molecule has 148 valence electrons. The van der Waals surface area contributed by atoms with Crippen molar-refractivity contribution in [2.45, 2.75) is 12.5 Å². The zero-order valence-electron chi connectivity index (χ0n) is 15.7. The summed E-state index contributed by atoms with van der Waals surface area (Å²) in [5, 5.41) is 4.67. The first-order valence-corrected chi connectivity index (χ1v) is 9.64. The molecule has 1 aliphatic heterocycles. The minimum Gasteiger partial charge on any atom is -0.458 e. The number of nitrogens with one attached hydrogen (secondary N) is 1. The number of aromatic nitrogens is 4. The molecule has 1 aromatic carbocycles. The fraction of sp³-hybridized carbons (Fsp3) is 0.136. The molecule has 0 saturated carbocycles. The van der Waals surface area contributed by atoms with Crippen LogP contribution in [0.4, 0.5) is 4.39 Å². The van der Waals surface area contributed by atoms with E-state index in [1.165, 1.54) is 6.07 Å². The Morgan fingerprint density at radius 3 is 3.07 bits per heavy atom. The second kappa shape index (κ2) is 6.28. The summed E-state index contributed by atoms with van der Waals surface area (Å²) < 4.78 is 21.9. The van der Waals surface area contributed by atoms with E-state index < -0.39 is 6.04 Å². The quantitative estimate of drug-likeness (QED) is 0.489. The van der Waals surface area contributed by atoms with Crippen molar-refractivity contribution >= 4 is 22.4 Å². The van der Waals surface area contributed by atoms with Crippen molar-refractivity contribution in [2.75, 3.05) is 6.54 Å². The molecule has 5 aromatic rings.